The van der Waals surface area contributed by atoms with Crippen molar-refractivity contribution < 1.29 is 4.79 Å². The van der Waals surface area contributed by atoms with Crippen LogP contribution in [0.25, 0.3) is 0 Å². The first-order valence-corrected chi connectivity index (χ1v) is 4.16. The normalized spacial score (nSPS) is 23.0. The molecule has 1 saturated heterocycles. The van der Waals surface area contributed by atoms with Crippen molar-refractivity contribution in [3.8, 4) is 0 Å². The first-order valence-electron chi connectivity index (χ1n) is 3.18. The van der Waals surface area contributed by atoms with E-state index in [2.05, 4.69) is 5.32 Å². The molecule has 3 heteroatoms. The number of hydrogen-bond acceptors (Lipinski definition) is 3. The zero-order valence-electron chi connectivity index (χ0n) is 5.39. The second-order valence-corrected chi connectivity index (χ2v) is 3.28. The SMILES string of the molecule is O=C1C=C2NCSC2=CC1. The lowest BCUT2D eigenvalue weighted by atomic mass is 10.1. The van der Waals surface area contributed by atoms with E-state index in [1.807, 2.05) is 6.08 Å². The molecule has 1 fully saturated rings. The maximum Gasteiger partial charge on any atom is 0.161 e. The van der Waals surface area contributed by atoms with Crippen LogP contribution in [0, 0.1) is 0 Å². The molecule has 0 radical (unpaired) electrons. The monoisotopic (exact) mass is 153 g/mol. The van der Waals surface area contributed by atoms with Gasteiger partial charge in [-0.1, -0.05) is 6.08 Å². The van der Waals surface area contributed by atoms with E-state index in [1.54, 1.807) is 17.8 Å². The van der Waals surface area contributed by atoms with Crippen molar-refractivity contribution in [2.24, 2.45) is 0 Å². The maximum absolute atomic E-state index is 10.8. The number of carbonyl (C=O) groups excluding carboxylic acids is 1. The van der Waals surface area contributed by atoms with E-state index in [0.29, 0.717) is 6.42 Å². The molecule has 0 spiro atoms. The topological polar surface area (TPSA) is 29.1 Å². The lowest BCUT2D eigenvalue weighted by molar-refractivity contribution is -0.114. The van der Waals surface area contributed by atoms with Crippen molar-refractivity contribution in [1.82, 2.24) is 5.32 Å². The summed E-state index contributed by atoms with van der Waals surface area (Å²) in [7, 11) is 0. The second-order valence-electron chi connectivity index (χ2n) is 2.26. The van der Waals surface area contributed by atoms with E-state index in [4.69, 9.17) is 0 Å². The van der Waals surface area contributed by atoms with Crippen LogP contribution < -0.4 is 5.32 Å². The van der Waals surface area contributed by atoms with Gasteiger partial charge < -0.3 is 5.32 Å². The molecule has 2 nitrogen and oxygen atoms in total. The number of hydrogen-bond donors (Lipinski definition) is 1. The second kappa shape index (κ2) is 2.16. The van der Waals surface area contributed by atoms with Crippen LogP contribution in [0.2, 0.25) is 0 Å². The predicted octanol–water partition coefficient (Wildman–Crippen LogP) is 1.02. The zero-order chi connectivity index (χ0) is 6.97. The zero-order valence-corrected chi connectivity index (χ0v) is 6.20. The molecular formula is C7H7NOS. The fourth-order valence-corrected chi connectivity index (χ4v) is 1.93. The van der Waals surface area contributed by atoms with E-state index >= 15 is 0 Å². The molecule has 10 heavy (non-hydrogen) atoms. The lowest BCUT2D eigenvalue weighted by Gasteiger charge is -2.03. The molecule has 1 aliphatic carbocycles. The first kappa shape index (κ1) is 6.04. The summed E-state index contributed by atoms with van der Waals surface area (Å²) in [5, 5.41) is 3.12. The van der Waals surface area contributed by atoms with Gasteiger partial charge in [0.25, 0.3) is 0 Å². The maximum atomic E-state index is 10.8. The van der Waals surface area contributed by atoms with Gasteiger partial charge in [-0.05, 0) is 0 Å². The molecular weight excluding hydrogens is 146 g/mol. The molecule has 2 rings (SSSR count). The van der Waals surface area contributed by atoms with Gasteiger partial charge in [-0.25, -0.2) is 0 Å². The fourth-order valence-electron chi connectivity index (χ4n) is 1.06. The Morgan fingerprint density at radius 1 is 1.60 bits per heavy atom. The molecule has 2 aliphatic rings. The summed E-state index contributed by atoms with van der Waals surface area (Å²) in [4.78, 5) is 12.1. The molecule has 0 aromatic heterocycles. The van der Waals surface area contributed by atoms with Gasteiger partial charge in [-0.3, -0.25) is 4.79 Å². The third-order valence-electron chi connectivity index (χ3n) is 1.55. The number of carbonyl (C=O) groups is 1. The Bertz CT molecular complexity index is 242. The van der Waals surface area contributed by atoms with Gasteiger partial charge in [-0.2, -0.15) is 0 Å². The van der Waals surface area contributed by atoms with Crippen molar-refractivity contribution in [3.05, 3.63) is 22.8 Å². The molecule has 0 aromatic carbocycles. The lowest BCUT2D eigenvalue weighted by Crippen LogP contribution is -2.08. The van der Waals surface area contributed by atoms with Crippen LogP contribution in [0.5, 0.6) is 0 Å². The summed E-state index contributed by atoms with van der Waals surface area (Å²) in [6, 6.07) is 0. The van der Waals surface area contributed by atoms with Crippen LogP contribution in [0.15, 0.2) is 22.8 Å². The van der Waals surface area contributed by atoms with Crippen molar-refractivity contribution in [2.75, 3.05) is 5.88 Å². The number of fused-ring (bicyclic) bond motifs is 1. The van der Waals surface area contributed by atoms with Crippen LogP contribution in [0.3, 0.4) is 0 Å². The van der Waals surface area contributed by atoms with Gasteiger partial charge in [0.15, 0.2) is 5.78 Å². The molecule has 1 aliphatic heterocycles. The number of ketones is 1. The van der Waals surface area contributed by atoms with Crippen LogP contribution >= 0.6 is 11.8 Å². The van der Waals surface area contributed by atoms with Gasteiger partial charge in [-0.15, -0.1) is 11.8 Å². The quantitative estimate of drug-likeness (QED) is 0.563. The van der Waals surface area contributed by atoms with E-state index in [1.165, 1.54) is 4.91 Å². The van der Waals surface area contributed by atoms with E-state index in [-0.39, 0.29) is 5.78 Å². The molecule has 52 valence electrons. The first-order chi connectivity index (χ1) is 4.86. The van der Waals surface area contributed by atoms with Crippen molar-refractivity contribution in [3.63, 3.8) is 0 Å². The number of nitrogens with one attached hydrogen (secondary N) is 1. The predicted molar refractivity (Wildman–Crippen MR) is 41.4 cm³/mol. The highest BCUT2D eigenvalue weighted by Gasteiger charge is 2.17. The minimum Gasteiger partial charge on any atom is -0.375 e. The van der Waals surface area contributed by atoms with Crippen molar-refractivity contribution >= 4 is 17.5 Å². The molecule has 0 amide bonds. The summed E-state index contributed by atoms with van der Waals surface area (Å²) in [5.41, 5.74) is 1.02. The third kappa shape index (κ3) is 0.865. The van der Waals surface area contributed by atoms with Gasteiger partial charge in [0, 0.05) is 17.4 Å². The summed E-state index contributed by atoms with van der Waals surface area (Å²) in [6.07, 6.45) is 4.26. The largest absolute Gasteiger partial charge is 0.375 e. The summed E-state index contributed by atoms with van der Waals surface area (Å²) in [5.74, 6) is 1.11. The minimum absolute atomic E-state index is 0.203. The molecule has 0 aromatic rings. The number of rotatable bonds is 0. The third-order valence-corrected chi connectivity index (χ3v) is 2.54. The highest BCUT2D eigenvalue weighted by Crippen LogP contribution is 2.30. The van der Waals surface area contributed by atoms with E-state index < -0.39 is 0 Å². The van der Waals surface area contributed by atoms with Gasteiger partial charge >= 0.3 is 0 Å². The van der Waals surface area contributed by atoms with Gasteiger partial charge in [0.05, 0.1) is 11.6 Å². The van der Waals surface area contributed by atoms with Crippen LogP contribution in [-0.2, 0) is 4.79 Å². The smallest absolute Gasteiger partial charge is 0.161 e. The Kier molecular flexibility index (Phi) is 1.31. The standard InChI is InChI=1S/C7H7NOS/c9-5-1-2-7-6(3-5)8-4-10-7/h2-3,8H,1,4H2. The summed E-state index contributed by atoms with van der Waals surface area (Å²) in [6.45, 7) is 0. The van der Waals surface area contributed by atoms with Gasteiger partial charge in [0.2, 0.25) is 0 Å². The molecule has 0 atom stereocenters. The molecule has 1 N–H and O–H groups in total. The molecule has 0 unspecified atom stereocenters. The Morgan fingerprint density at radius 3 is 3.40 bits per heavy atom. The Balaban J connectivity index is 2.35. The Labute approximate surface area is 63.4 Å². The van der Waals surface area contributed by atoms with Crippen molar-refractivity contribution in [1.29, 1.82) is 0 Å². The Morgan fingerprint density at radius 2 is 2.50 bits per heavy atom. The molecule has 1 heterocycles. The van der Waals surface area contributed by atoms with Crippen LogP contribution in [0.1, 0.15) is 6.42 Å². The highest BCUT2D eigenvalue weighted by atomic mass is 32.2. The van der Waals surface area contributed by atoms with E-state index in [9.17, 15) is 4.79 Å². The van der Waals surface area contributed by atoms with Crippen LogP contribution in [0.4, 0.5) is 0 Å². The molecule has 0 bridgehead atoms. The number of thioether (sulfide) groups is 1. The minimum atomic E-state index is 0.203. The molecule has 0 saturated carbocycles. The number of allylic oxidation sites excluding steroid dienone is 2. The Hall–Kier alpha value is -0.700. The average Bonchev–Trinajstić information content (AvgIpc) is 2.33. The highest BCUT2D eigenvalue weighted by molar-refractivity contribution is 8.03. The van der Waals surface area contributed by atoms with Crippen molar-refractivity contribution in [2.45, 2.75) is 6.42 Å². The van der Waals surface area contributed by atoms with Crippen LogP contribution in [-0.4, -0.2) is 11.7 Å². The average molecular weight is 153 g/mol. The summed E-state index contributed by atoms with van der Waals surface area (Å²) < 4.78 is 0. The fraction of sp³-hybridized carbons (Fsp3) is 0.286. The van der Waals surface area contributed by atoms with E-state index in [0.717, 1.165) is 11.6 Å². The summed E-state index contributed by atoms with van der Waals surface area (Å²) >= 11 is 1.76. The van der Waals surface area contributed by atoms with Gasteiger partial charge in [0.1, 0.15) is 0 Å².